The second kappa shape index (κ2) is 7.14. The van der Waals surface area contributed by atoms with Crippen molar-refractivity contribution in [3.05, 3.63) is 29.3 Å². The van der Waals surface area contributed by atoms with Crippen LogP contribution in [-0.4, -0.2) is 55.0 Å². The number of carbonyl (C=O) groups excluding carboxylic acids is 1. The molecule has 3 saturated heterocycles. The van der Waals surface area contributed by atoms with Crippen LogP contribution in [0.2, 0.25) is 0 Å². The van der Waals surface area contributed by atoms with E-state index in [2.05, 4.69) is 4.90 Å². The van der Waals surface area contributed by atoms with Crippen molar-refractivity contribution in [1.29, 1.82) is 0 Å². The van der Waals surface area contributed by atoms with Crippen LogP contribution in [0.4, 0.5) is 8.78 Å². The number of hydrogen-bond acceptors (Lipinski definition) is 3. The third-order valence-corrected chi connectivity index (χ3v) is 6.33. The maximum absolute atomic E-state index is 14.4. The van der Waals surface area contributed by atoms with Crippen LogP contribution in [0, 0.1) is 23.5 Å². The Morgan fingerprint density at radius 1 is 1.12 bits per heavy atom. The summed E-state index contributed by atoms with van der Waals surface area (Å²) in [5.74, 6) is -1.58. The van der Waals surface area contributed by atoms with Crippen molar-refractivity contribution in [2.24, 2.45) is 11.8 Å². The molecule has 1 amide bonds. The lowest BCUT2D eigenvalue weighted by Crippen LogP contribution is -2.47. The number of nitrogens with zero attached hydrogens (tertiary/aromatic N) is 2. The molecule has 2 atom stereocenters. The Morgan fingerprint density at radius 3 is 2.62 bits per heavy atom. The van der Waals surface area contributed by atoms with E-state index in [-0.39, 0.29) is 11.3 Å². The van der Waals surface area contributed by atoms with Gasteiger partial charge in [-0.15, -0.1) is 0 Å². The predicted octanol–water partition coefficient (Wildman–Crippen LogP) is 3.31. The fourth-order valence-corrected chi connectivity index (χ4v) is 4.60. The molecule has 1 saturated carbocycles. The number of amides is 1. The van der Waals surface area contributed by atoms with Crippen LogP contribution in [0.5, 0.6) is 5.75 Å². The van der Waals surface area contributed by atoms with Crippen LogP contribution in [-0.2, 0) is 0 Å². The third-order valence-electron chi connectivity index (χ3n) is 6.33. The number of ether oxygens (including phenoxy) is 1. The van der Waals surface area contributed by atoms with E-state index >= 15 is 0 Å². The van der Waals surface area contributed by atoms with Crippen molar-refractivity contribution in [2.45, 2.75) is 38.1 Å². The van der Waals surface area contributed by atoms with Gasteiger partial charge in [0, 0.05) is 32.2 Å². The maximum Gasteiger partial charge on any atom is 0.257 e. The average Bonchev–Trinajstić information content (AvgIpc) is 2.92. The minimum Gasteiger partial charge on any atom is -0.494 e. The maximum atomic E-state index is 14.4. The van der Waals surface area contributed by atoms with Gasteiger partial charge in [-0.25, -0.2) is 4.39 Å². The lowest BCUT2D eigenvalue weighted by molar-refractivity contribution is 0.0712. The molecule has 3 aliphatic heterocycles. The van der Waals surface area contributed by atoms with Gasteiger partial charge in [0.05, 0.1) is 12.7 Å². The van der Waals surface area contributed by atoms with Crippen LogP contribution in [0.15, 0.2) is 12.1 Å². The topological polar surface area (TPSA) is 32.8 Å². The van der Waals surface area contributed by atoms with Gasteiger partial charge in [0.25, 0.3) is 5.91 Å². The van der Waals surface area contributed by atoms with Gasteiger partial charge in [-0.3, -0.25) is 9.69 Å². The molecule has 1 aromatic carbocycles. The van der Waals surface area contributed by atoms with Crippen molar-refractivity contribution in [3.63, 3.8) is 0 Å². The molecule has 0 spiro atoms. The number of hydrogen-bond donors (Lipinski definition) is 0. The first kappa shape index (κ1) is 17.7. The van der Waals surface area contributed by atoms with Crippen LogP contribution in [0.25, 0.3) is 0 Å². The Labute approximate surface area is 153 Å². The Kier molecular flexibility index (Phi) is 4.86. The average molecular weight is 364 g/mol. The van der Waals surface area contributed by atoms with E-state index in [9.17, 15) is 13.6 Å². The molecule has 0 N–H and O–H groups in total. The van der Waals surface area contributed by atoms with E-state index in [0.717, 1.165) is 31.8 Å². The number of benzene rings is 1. The van der Waals surface area contributed by atoms with Gasteiger partial charge in [0.15, 0.2) is 11.6 Å². The van der Waals surface area contributed by atoms with Crippen molar-refractivity contribution in [3.8, 4) is 5.75 Å². The summed E-state index contributed by atoms with van der Waals surface area (Å²) >= 11 is 0. The molecule has 26 heavy (non-hydrogen) atoms. The Bertz CT molecular complexity index is 693. The number of fused-ring (bicyclic) bond motifs is 4. The molecule has 4 aliphatic rings. The van der Waals surface area contributed by atoms with Gasteiger partial charge in [-0.05, 0) is 49.7 Å². The van der Waals surface area contributed by atoms with Crippen LogP contribution in [0.1, 0.15) is 42.5 Å². The lowest BCUT2D eigenvalue weighted by Gasteiger charge is -2.40. The molecule has 5 rings (SSSR count). The van der Waals surface area contributed by atoms with Crippen LogP contribution < -0.4 is 4.74 Å². The summed E-state index contributed by atoms with van der Waals surface area (Å²) in [4.78, 5) is 17.2. The molecule has 1 aliphatic carbocycles. The van der Waals surface area contributed by atoms with Gasteiger partial charge >= 0.3 is 0 Å². The molecular formula is C20H26F2N2O2. The second-order valence-electron chi connectivity index (χ2n) is 8.00. The second-order valence-corrected chi connectivity index (χ2v) is 8.00. The van der Waals surface area contributed by atoms with Gasteiger partial charge < -0.3 is 9.64 Å². The van der Waals surface area contributed by atoms with E-state index in [1.54, 1.807) is 4.90 Å². The Morgan fingerprint density at radius 2 is 1.92 bits per heavy atom. The highest BCUT2D eigenvalue weighted by Gasteiger charge is 2.38. The zero-order valence-corrected chi connectivity index (χ0v) is 15.2. The Balaban J connectivity index is 1.51. The molecule has 1 aromatic rings. The smallest absolute Gasteiger partial charge is 0.257 e. The van der Waals surface area contributed by atoms with E-state index < -0.39 is 17.5 Å². The molecule has 142 valence electrons. The van der Waals surface area contributed by atoms with Crippen molar-refractivity contribution < 1.29 is 18.3 Å². The summed E-state index contributed by atoms with van der Waals surface area (Å²) in [6.07, 6.45) is 6.15. The summed E-state index contributed by atoms with van der Waals surface area (Å²) in [7, 11) is 1.28. The molecule has 3 heterocycles. The predicted molar refractivity (Wildman–Crippen MR) is 94.2 cm³/mol. The molecule has 0 unspecified atom stereocenters. The van der Waals surface area contributed by atoms with E-state index in [0.29, 0.717) is 25.0 Å². The summed E-state index contributed by atoms with van der Waals surface area (Å²) in [6.45, 7) is 3.37. The normalized spacial score (nSPS) is 26.5. The molecule has 4 fully saturated rings. The minimum absolute atomic E-state index is 0.179. The zero-order chi connectivity index (χ0) is 18.3. The Hall–Kier alpha value is -1.69. The van der Waals surface area contributed by atoms with E-state index in [1.165, 1.54) is 38.5 Å². The van der Waals surface area contributed by atoms with Gasteiger partial charge in [0.2, 0.25) is 5.82 Å². The van der Waals surface area contributed by atoms with Gasteiger partial charge in [-0.2, -0.15) is 4.39 Å². The van der Waals surface area contributed by atoms with Crippen molar-refractivity contribution >= 4 is 5.91 Å². The first-order chi connectivity index (χ1) is 12.6. The largest absolute Gasteiger partial charge is 0.494 e. The monoisotopic (exact) mass is 364 g/mol. The van der Waals surface area contributed by atoms with Gasteiger partial charge in [0.1, 0.15) is 0 Å². The quantitative estimate of drug-likeness (QED) is 0.822. The molecular weight excluding hydrogens is 338 g/mol. The number of carbonyl (C=O) groups is 1. The minimum atomic E-state index is -1.11. The first-order valence-corrected chi connectivity index (χ1v) is 9.62. The molecule has 2 bridgehead atoms. The molecule has 4 nitrogen and oxygen atoms in total. The van der Waals surface area contributed by atoms with E-state index in [4.69, 9.17) is 4.74 Å². The summed E-state index contributed by atoms with van der Waals surface area (Å²) in [5, 5.41) is 0. The highest BCUT2D eigenvalue weighted by molar-refractivity contribution is 5.94. The summed E-state index contributed by atoms with van der Waals surface area (Å²) < 4.78 is 33.2. The molecule has 0 aromatic heterocycles. The van der Waals surface area contributed by atoms with Crippen LogP contribution in [0.3, 0.4) is 0 Å². The standard InChI is InChI=1S/C20H26F2N2O2/c1-26-17-8-7-16(18(21)19(17)22)20(25)24-11-14-5-6-15(12-24)23(10-14)9-13-3-2-4-13/h7-8,13-15H,2-6,9-12H2,1H3/t14-,15-/m0/s1. The lowest BCUT2D eigenvalue weighted by atomic mass is 9.83. The molecule has 6 heteroatoms. The van der Waals surface area contributed by atoms with Crippen LogP contribution >= 0.6 is 0 Å². The number of halogens is 2. The van der Waals surface area contributed by atoms with Crippen molar-refractivity contribution in [2.75, 3.05) is 33.3 Å². The van der Waals surface area contributed by atoms with E-state index in [1.807, 2.05) is 0 Å². The number of piperidine rings is 1. The zero-order valence-electron chi connectivity index (χ0n) is 15.2. The van der Waals surface area contributed by atoms with Crippen molar-refractivity contribution in [1.82, 2.24) is 9.80 Å². The summed E-state index contributed by atoms with van der Waals surface area (Å²) in [5.41, 5.74) is -0.199. The highest BCUT2D eigenvalue weighted by atomic mass is 19.2. The number of rotatable bonds is 4. The summed E-state index contributed by atoms with van der Waals surface area (Å²) in [6, 6.07) is 2.99. The SMILES string of the molecule is COc1ccc(C(=O)N2C[C@H]3CC[C@@H](C2)N(CC2CCC2)C3)c(F)c1F. The molecule has 0 radical (unpaired) electrons. The third kappa shape index (κ3) is 3.20. The highest BCUT2D eigenvalue weighted by Crippen LogP contribution is 2.34. The fourth-order valence-electron chi connectivity index (χ4n) is 4.60. The fraction of sp³-hybridized carbons (Fsp3) is 0.650. The van der Waals surface area contributed by atoms with Gasteiger partial charge in [-0.1, -0.05) is 6.42 Å². The number of methoxy groups -OCH3 is 1. The first-order valence-electron chi connectivity index (χ1n) is 9.62.